The molecule has 1 aromatic carbocycles. The fourth-order valence-electron chi connectivity index (χ4n) is 2.86. The summed E-state index contributed by atoms with van der Waals surface area (Å²) in [4.78, 5) is 13.9. The van der Waals surface area contributed by atoms with Gasteiger partial charge in [-0.2, -0.15) is 0 Å². The van der Waals surface area contributed by atoms with E-state index in [0.717, 1.165) is 23.1 Å². The Hall–Kier alpha value is -2.29. The number of piperidine rings is 1. The summed E-state index contributed by atoms with van der Waals surface area (Å²) in [6.07, 6.45) is 7.65. The van der Waals surface area contributed by atoms with Crippen LogP contribution in [0.4, 0.5) is 5.88 Å². The Morgan fingerprint density at radius 2 is 2.16 bits per heavy atom. The molecule has 0 bridgehead atoms. The van der Waals surface area contributed by atoms with E-state index in [1.165, 1.54) is 0 Å². The van der Waals surface area contributed by atoms with Gasteiger partial charge in [-0.3, -0.25) is 9.69 Å². The number of carbonyl (C=O) groups excluding carboxylic acids is 1. The van der Waals surface area contributed by atoms with Crippen molar-refractivity contribution < 1.29 is 9.21 Å². The van der Waals surface area contributed by atoms with Crippen molar-refractivity contribution in [3.05, 3.63) is 54.3 Å². The second kappa shape index (κ2) is 3.85. The van der Waals surface area contributed by atoms with E-state index >= 15 is 0 Å². The Morgan fingerprint density at radius 3 is 3.05 bits per heavy atom. The van der Waals surface area contributed by atoms with Crippen molar-refractivity contribution >= 4 is 22.8 Å². The lowest BCUT2D eigenvalue weighted by Gasteiger charge is -2.30. The van der Waals surface area contributed by atoms with Gasteiger partial charge in [0.2, 0.25) is 11.8 Å². The molecule has 1 amide bonds. The first-order valence-electron chi connectivity index (χ1n) is 6.53. The third-order valence-corrected chi connectivity index (χ3v) is 3.80. The van der Waals surface area contributed by atoms with Crippen molar-refractivity contribution in [2.45, 2.75) is 12.8 Å². The highest BCUT2D eigenvalue weighted by atomic mass is 16.4. The number of anilines is 1. The van der Waals surface area contributed by atoms with E-state index < -0.39 is 0 Å². The lowest BCUT2D eigenvalue weighted by Crippen LogP contribution is -2.36. The minimum Gasteiger partial charge on any atom is -0.440 e. The topological polar surface area (TPSA) is 33.5 Å². The second-order valence-electron chi connectivity index (χ2n) is 4.97. The van der Waals surface area contributed by atoms with Gasteiger partial charge in [0, 0.05) is 29.5 Å². The minimum atomic E-state index is 0.116. The van der Waals surface area contributed by atoms with Crippen LogP contribution in [-0.2, 0) is 4.79 Å². The first kappa shape index (κ1) is 10.6. The Bertz CT molecular complexity index is 690. The molecule has 19 heavy (non-hydrogen) atoms. The maximum Gasteiger partial charge on any atom is 0.233 e. The second-order valence-corrected chi connectivity index (χ2v) is 4.97. The standard InChI is InChI=1S/C16H13NO2/c18-15-9-8-11-5-3-6-13(11)17(15)16-10-12-4-1-2-7-14(12)19-16/h1-7,10-11H,8-9H2. The van der Waals surface area contributed by atoms with Gasteiger partial charge >= 0.3 is 0 Å². The van der Waals surface area contributed by atoms with E-state index in [1.807, 2.05) is 42.5 Å². The molecule has 0 spiro atoms. The molecule has 1 aliphatic heterocycles. The first-order valence-corrected chi connectivity index (χ1v) is 6.53. The van der Waals surface area contributed by atoms with Gasteiger partial charge in [0.25, 0.3) is 0 Å². The van der Waals surface area contributed by atoms with Crippen molar-refractivity contribution in [2.24, 2.45) is 5.92 Å². The maximum atomic E-state index is 12.2. The lowest BCUT2D eigenvalue weighted by molar-refractivity contribution is -0.119. The zero-order chi connectivity index (χ0) is 12.8. The number of rotatable bonds is 1. The van der Waals surface area contributed by atoms with E-state index in [9.17, 15) is 4.79 Å². The molecule has 94 valence electrons. The number of benzene rings is 1. The van der Waals surface area contributed by atoms with Crippen molar-refractivity contribution in [1.82, 2.24) is 0 Å². The first-order chi connectivity index (χ1) is 9.33. The van der Waals surface area contributed by atoms with Crippen LogP contribution in [0.2, 0.25) is 0 Å². The molecule has 4 rings (SSSR count). The number of hydrogen-bond acceptors (Lipinski definition) is 2. The smallest absolute Gasteiger partial charge is 0.233 e. The van der Waals surface area contributed by atoms with Crippen LogP contribution in [0.3, 0.4) is 0 Å². The van der Waals surface area contributed by atoms with Crippen molar-refractivity contribution in [3.63, 3.8) is 0 Å². The molecule has 1 aromatic heterocycles. The van der Waals surface area contributed by atoms with Gasteiger partial charge in [-0.15, -0.1) is 0 Å². The van der Waals surface area contributed by atoms with Gasteiger partial charge in [-0.25, -0.2) is 0 Å². The molecule has 1 aliphatic carbocycles. The number of para-hydroxylation sites is 1. The van der Waals surface area contributed by atoms with Gasteiger partial charge in [-0.05, 0) is 18.6 Å². The molecule has 3 heteroatoms. The van der Waals surface area contributed by atoms with Crippen LogP contribution in [0.5, 0.6) is 0 Å². The maximum absolute atomic E-state index is 12.2. The Kier molecular flexibility index (Phi) is 2.15. The quantitative estimate of drug-likeness (QED) is 0.775. The molecule has 0 N–H and O–H groups in total. The van der Waals surface area contributed by atoms with Crippen molar-refractivity contribution in [2.75, 3.05) is 4.90 Å². The monoisotopic (exact) mass is 251 g/mol. The molecule has 3 nitrogen and oxygen atoms in total. The average molecular weight is 251 g/mol. The van der Waals surface area contributed by atoms with Crippen LogP contribution >= 0.6 is 0 Å². The lowest BCUT2D eigenvalue weighted by atomic mass is 9.96. The van der Waals surface area contributed by atoms with Gasteiger partial charge < -0.3 is 4.42 Å². The fraction of sp³-hybridized carbons (Fsp3) is 0.188. The van der Waals surface area contributed by atoms with Crippen LogP contribution in [0.15, 0.2) is 58.7 Å². The summed E-state index contributed by atoms with van der Waals surface area (Å²) in [5.74, 6) is 1.10. The van der Waals surface area contributed by atoms with Crippen molar-refractivity contribution in [3.8, 4) is 0 Å². The van der Waals surface area contributed by atoms with Gasteiger partial charge in [-0.1, -0.05) is 30.4 Å². The molecule has 1 fully saturated rings. The molecule has 1 unspecified atom stereocenters. The van der Waals surface area contributed by atoms with Gasteiger partial charge in [0.1, 0.15) is 5.58 Å². The van der Waals surface area contributed by atoms with E-state index in [0.29, 0.717) is 18.2 Å². The third-order valence-electron chi connectivity index (χ3n) is 3.80. The summed E-state index contributed by atoms with van der Waals surface area (Å²) in [5.41, 5.74) is 1.86. The Morgan fingerprint density at radius 1 is 1.26 bits per heavy atom. The number of amides is 1. The molecule has 2 heterocycles. The number of carbonyl (C=O) groups is 1. The minimum absolute atomic E-state index is 0.116. The van der Waals surface area contributed by atoms with Gasteiger partial charge in [0.05, 0.1) is 0 Å². The molecule has 0 radical (unpaired) electrons. The van der Waals surface area contributed by atoms with E-state index in [1.54, 1.807) is 4.90 Å². The normalized spacial score (nSPS) is 21.9. The van der Waals surface area contributed by atoms with E-state index in [4.69, 9.17) is 4.42 Å². The predicted octanol–water partition coefficient (Wildman–Crippen LogP) is 3.63. The summed E-state index contributed by atoms with van der Waals surface area (Å²) < 4.78 is 5.82. The van der Waals surface area contributed by atoms with Crippen LogP contribution < -0.4 is 4.90 Å². The van der Waals surface area contributed by atoms with Crippen molar-refractivity contribution in [1.29, 1.82) is 0 Å². The highest BCUT2D eigenvalue weighted by Gasteiger charge is 2.33. The number of fused-ring (bicyclic) bond motifs is 2. The molecule has 2 aromatic rings. The Balaban J connectivity index is 1.83. The van der Waals surface area contributed by atoms with Crippen LogP contribution in [0.1, 0.15) is 12.8 Å². The molecular weight excluding hydrogens is 238 g/mol. The molecule has 0 saturated carbocycles. The fourth-order valence-corrected chi connectivity index (χ4v) is 2.86. The van der Waals surface area contributed by atoms with Crippen LogP contribution in [0.25, 0.3) is 11.0 Å². The van der Waals surface area contributed by atoms with E-state index in [2.05, 4.69) is 6.08 Å². The number of furan rings is 1. The number of allylic oxidation sites excluding steroid dienone is 3. The zero-order valence-electron chi connectivity index (χ0n) is 10.4. The summed E-state index contributed by atoms with van der Waals surface area (Å²) in [6, 6.07) is 9.77. The van der Waals surface area contributed by atoms with Gasteiger partial charge in [0.15, 0.2) is 0 Å². The average Bonchev–Trinajstić information content (AvgIpc) is 3.03. The van der Waals surface area contributed by atoms with Crippen LogP contribution in [-0.4, -0.2) is 5.91 Å². The Labute approximate surface area is 110 Å². The largest absolute Gasteiger partial charge is 0.440 e. The molecular formula is C16H13NO2. The number of hydrogen-bond donors (Lipinski definition) is 0. The highest BCUT2D eigenvalue weighted by molar-refractivity contribution is 5.98. The van der Waals surface area contributed by atoms with Crippen LogP contribution in [0, 0.1) is 5.92 Å². The zero-order valence-corrected chi connectivity index (χ0v) is 10.4. The number of nitrogens with zero attached hydrogens (tertiary/aromatic N) is 1. The molecule has 1 saturated heterocycles. The highest BCUT2D eigenvalue weighted by Crippen LogP contribution is 2.38. The SMILES string of the molecule is O=C1CCC2C=CC=C2N1c1cc2ccccc2o1. The van der Waals surface area contributed by atoms with E-state index in [-0.39, 0.29) is 5.91 Å². The summed E-state index contributed by atoms with van der Waals surface area (Å²) in [5, 5.41) is 1.03. The third kappa shape index (κ3) is 1.55. The predicted molar refractivity (Wildman–Crippen MR) is 73.6 cm³/mol. The molecule has 1 atom stereocenters. The summed E-state index contributed by atoms with van der Waals surface area (Å²) in [6.45, 7) is 0. The summed E-state index contributed by atoms with van der Waals surface area (Å²) >= 11 is 0. The molecule has 2 aliphatic rings. The summed E-state index contributed by atoms with van der Waals surface area (Å²) in [7, 11) is 0.